The highest BCUT2D eigenvalue weighted by molar-refractivity contribution is 5.97. The van der Waals surface area contributed by atoms with Gasteiger partial charge >= 0.3 is 0 Å². The highest BCUT2D eigenvalue weighted by atomic mass is 19.1. The van der Waals surface area contributed by atoms with Gasteiger partial charge < -0.3 is 14.7 Å². The number of anilines is 1. The molecule has 0 radical (unpaired) electrons. The molecule has 34 heavy (non-hydrogen) atoms. The Morgan fingerprint density at radius 2 is 2.03 bits per heavy atom. The molecule has 2 aromatic carbocycles. The molecule has 1 aromatic heterocycles. The van der Waals surface area contributed by atoms with Crippen LogP contribution in [0, 0.1) is 17.6 Å². The number of benzene rings is 2. The first kappa shape index (κ1) is 22.4. The fourth-order valence-corrected chi connectivity index (χ4v) is 5.19. The van der Waals surface area contributed by atoms with Crippen LogP contribution in [0.1, 0.15) is 40.9 Å². The van der Waals surface area contributed by atoms with Gasteiger partial charge in [-0.1, -0.05) is 6.07 Å². The van der Waals surface area contributed by atoms with E-state index in [-0.39, 0.29) is 40.6 Å². The lowest BCUT2D eigenvalue weighted by molar-refractivity contribution is 0.0988. The molecule has 8 heteroatoms. The Morgan fingerprint density at radius 3 is 2.74 bits per heavy atom. The van der Waals surface area contributed by atoms with E-state index in [1.807, 2.05) is 0 Å². The summed E-state index contributed by atoms with van der Waals surface area (Å²) in [6.07, 6.45) is 4.68. The predicted molar refractivity (Wildman–Crippen MR) is 123 cm³/mol. The van der Waals surface area contributed by atoms with E-state index in [1.165, 1.54) is 44.0 Å². The fourth-order valence-electron chi connectivity index (χ4n) is 5.19. The van der Waals surface area contributed by atoms with Crippen LogP contribution >= 0.6 is 0 Å². The summed E-state index contributed by atoms with van der Waals surface area (Å²) in [6.45, 7) is 0.460. The molecule has 6 nitrogen and oxygen atoms in total. The Bertz CT molecular complexity index is 1250. The fraction of sp³-hybridized carbons (Fsp3) is 0.346. The number of halogens is 2. The van der Waals surface area contributed by atoms with Crippen molar-refractivity contribution in [2.24, 2.45) is 5.92 Å². The average Bonchev–Trinajstić information content (AvgIpc) is 3.48. The first-order chi connectivity index (χ1) is 16.5. The molecule has 3 aromatic rings. The van der Waals surface area contributed by atoms with E-state index >= 15 is 0 Å². The van der Waals surface area contributed by atoms with Crippen LogP contribution in [0.25, 0.3) is 11.4 Å². The Morgan fingerprint density at radius 1 is 1.18 bits per heavy atom. The van der Waals surface area contributed by atoms with Crippen LogP contribution in [0.4, 0.5) is 14.5 Å². The third-order valence-electron chi connectivity index (χ3n) is 6.85. The largest absolute Gasteiger partial charge is 0.496 e. The second-order valence-electron chi connectivity index (χ2n) is 8.90. The lowest BCUT2D eigenvalue weighted by atomic mass is 9.99. The molecular weight excluding hydrogens is 440 g/mol. The molecule has 0 unspecified atom stereocenters. The molecule has 176 valence electrons. The minimum Gasteiger partial charge on any atom is -0.496 e. The van der Waals surface area contributed by atoms with Crippen molar-refractivity contribution in [3.63, 3.8) is 0 Å². The summed E-state index contributed by atoms with van der Waals surface area (Å²) in [5.41, 5.74) is 1.74. The van der Waals surface area contributed by atoms with Gasteiger partial charge in [0.15, 0.2) is 11.6 Å². The van der Waals surface area contributed by atoms with Crippen LogP contribution in [-0.4, -0.2) is 40.6 Å². The van der Waals surface area contributed by atoms with Crippen LogP contribution < -0.4 is 9.64 Å². The van der Waals surface area contributed by atoms with Gasteiger partial charge in [-0.15, -0.1) is 0 Å². The number of aliphatic hydroxyl groups excluding tert-OH is 1. The number of piperidine rings is 1. The molecule has 1 saturated carbocycles. The maximum absolute atomic E-state index is 14.6. The van der Waals surface area contributed by atoms with Gasteiger partial charge in [0.1, 0.15) is 23.1 Å². The highest BCUT2D eigenvalue weighted by Crippen LogP contribution is 2.42. The molecule has 5 rings (SSSR count). The summed E-state index contributed by atoms with van der Waals surface area (Å²) in [5.74, 6) is -0.524. The zero-order valence-corrected chi connectivity index (χ0v) is 18.8. The maximum Gasteiger partial charge on any atom is 0.185 e. The number of ketones is 1. The maximum atomic E-state index is 14.6. The quantitative estimate of drug-likeness (QED) is 0.524. The number of aliphatic hydroxyl groups is 1. The highest BCUT2D eigenvalue weighted by Gasteiger charge is 2.39. The number of nitrogens with zero attached hydrogens (tertiary/aromatic N) is 3. The number of Topliss-reactive ketones (excluding diaryl/α,β-unsaturated/α-hetero) is 1. The van der Waals surface area contributed by atoms with Crippen molar-refractivity contribution in [2.75, 3.05) is 18.6 Å². The van der Waals surface area contributed by atoms with E-state index in [9.17, 15) is 18.7 Å². The molecule has 2 bridgehead atoms. The van der Waals surface area contributed by atoms with Crippen molar-refractivity contribution in [2.45, 2.75) is 38.3 Å². The van der Waals surface area contributed by atoms with E-state index < -0.39 is 18.2 Å². The number of hydrogen-bond acceptors (Lipinski definition) is 6. The van der Waals surface area contributed by atoms with Crippen molar-refractivity contribution >= 4 is 11.5 Å². The SMILES string of the molecule is COc1cccc(F)c1-c1nccc(C(=O)Cc2cc(F)c(CO)cc2N2C[C@H]3CC[C@@H]2C3)n1. The molecule has 1 saturated heterocycles. The van der Waals surface area contributed by atoms with E-state index in [1.54, 1.807) is 12.1 Å². The predicted octanol–water partition coefficient (Wildman–Crippen LogP) is 4.34. The van der Waals surface area contributed by atoms with Gasteiger partial charge in [0.05, 0.1) is 19.3 Å². The second-order valence-corrected chi connectivity index (χ2v) is 8.90. The van der Waals surface area contributed by atoms with Gasteiger partial charge in [0.25, 0.3) is 0 Å². The van der Waals surface area contributed by atoms with Crippen LogP contribution in [-0.2, 0) is 13.0 Å². The van der Waals surface area contributed by atoms with Gasteiger partial charge in [0.2, 0.25) is 0 Å². The van der Waals surface area contributed by atoms with Gasteiger partial charge in [0, 0.05) is 36.5 Å². The molecule has 2 atom stereocenters. The molecule has 2 aliphatic rings. The van der Waals surface area contributed by atoms with E-state index in [0.717, 1.165) is 25.1 Å². The van der Waals surface area contributed by atoms with Crippen molar-refractivity contribution < 1.29 is 23.4 Å². The molecule has 1 aliphatic heterocycles. The van der Waals surface area contributed by atoms with E-state index in [2.05, 4.69) is 14.9 Å². The summed E-state index contributed by atoms with van der Waals surface area (Å²) in [4.78, 5) is 23.9. The minimum atomic E-state index is -0.558. The van der Waals surface area contributed by atoms with Gasteiger partial charge in [-0.25, -0.2) is 18.7 Å². The van der Waals surface area contributed by atoms with Crippen molar-refractivity contribution in [1.82, 2.24) is 9.97 Å². The van der Waals surface area contributed by atoms with Gasteiger partial charge in [-0.3, -0.25) is 4.79 Å². The lowest BCUT2D eigenvalue weighted by Crippen LogP contribution is -2.33. The summed E-state index contributed by atoms with van der Waals surface area (Å²) in [7, 11) is 1.42. The Kier molecular flexibility index (Phi) is 6.00. The molecule has 1 N–H and O–H groups in total. The third kappa shape index (κ3) is 4.03. The van der Waals surface area contributed by atoms with E-state index in [4.69, 9.17) is 4.74 Å². The zero-order chi connectivity index (χ0) is 23.8. The average molecular weight is 466 g/mol. The molecular formula is C26H25F2N3O3. The summed E-state index contributed by atoms with van der Waals surface area (Å²) in [5, 5.41) is 9.59. The topological polar surface area (TPSA) is 75.6 Å². The smallest absolute Gasteiger partial charge is 0.185 e. The van der Waals surface area contributed by atoms with Crippen LogP contribution in [0.15, 0.2) is 42.6 Å². The second kappa shape index (κ2) is 9.10. The number of carbonyl (C=O) groups excluding carboxylic acids is 1. The summed E-state index contributed by atoms with van der Waals surface area (Å²) in [6, 6.07) is 9.23. The van der Waals surface area contributed by atoms with Crippen molar-refractivity contribution in [1.29, 1.82) is 0 Å². The lowest BCUT2D eigenvalue weighted by Gasteiger charge is -2.31. The van der Waals surface area contributed by atoms with Gasteiger partial charge in [-0.2, -0.15) is 0 Å². The van der Waals surface area contributed by atoms with Gasteiger partial charge in [-0.05, 0) is 61.1 Å². The molecule has 0 amide bonds. The normalized spacial score (nSPS) is 19.0. The Labute approximate surface area is 196 Å². The first-order valence-corrected chi connectivity index (χ1v) is 11.4. The van der Waals surface area contributed by atoms with Crippen LogP contribution in [0.3, 0.4) is 0 Å². The standard InChI is InChI=1S/C26H25F2N3O3/c1-34-24-4-2-3-19(27)25(24)26-29-8-7-21(30-26)23(33)12-16-10-20(28)17(14-32)11-22(16)31-13-15-5-6-18(31)9-15/h2-4,7-8,10-11,15,18,32H,5-6,9,12-14H2,1H3/t15-,18+/m0/s1. The minimum absolute atomic E-state index is 0.0414. The Balaban J connectivity index is 1.48. The number of methoxy groups -OCH3 is 1. The zero-order valence-electron chi connectivity index (χ0n) is 18.8. The first-order valence-electron chi connectivity index (χ1n) is 11.4. The number of carbonyl (C=O) groups is 1. The molecule has 2 fully saturated rings. The monoisotopic (exact) mass is 465 g/mol. The molecule has 1 aliphatic carbocycles. The third-order valence-corrected chi connectivity index (χ3v) is 6.85. The molecule has 0 spiro atoms. The van der Waals surface area contributed by atoms with Crippen LogP contribution in [0.2, 0.25) is 0 Å². The molecule has 2 heterocycles. The van der Waals surface area contributed by atoms with Crippen LogP contribution in [0.5, 0.6) is 5.75 Å². The number of aromatic nitrogens is 2. The number of hydrogen-bond donors (Lipinski definition) is 1. The van der Waals surface area contributed by atoms with E-state index in [0.29, 0.717) is 17.5 Å². The van der Waals surface area contributed by atoms with Crippen molar-refractivity contribution in [3.05, 3.63) is 71.1 Å². The number of rotatable bonds is 7. The Hall–Kier alpha value is -3.39. The van der Waals surface area contributed by atoms with Crippen molar-refractivity contribution in [3.8, 4) is 17.1 Å². The number of fused-ring (bicyclic) bond motifs is 2. The summed E-state index contributed by atoms with van der Waals surface area (Å²) >= 11 is 0. The number of ether oxygens (including phenoxy) is 1. The summed E-state index contributed by atoms with van der Waals surface area (Å²) < 4.78 is 34.3.